The molecule has 6 nitrogen and oxygen atoms in total. The molecule has 10 heteroatoms. The topological polar surface area (TPSA) is 71.4 Å². The molecule has 2 heterocycles. The highest BCUT2D eigenvalue weighted by molar-refractivity contribution is 7.11. The maximum absolute atomic E-state index is 12.4. The van der Waals surface area contributed by atoms with Crippen molar-refractivity contribution in [3.05, 3.63) is 39.5 Å². The molecule has 0 radical (unpaired) electrons. The van der Waals surface area contributed by atoms with Crippen LogP contribution in [0.25, 0.3) is 0 Å². The zero-order valence-electron chi connectivity index (χ0n) is 16.1. The molecule has 0 aliphatic carbocycles. The number of alkyl halides is 3. The second kappa shape index (κ2) is 10.3. The third-order valence-corrected chi connectivity index (χ3v) is 4.81. The van der Waals surface area contributed by atoms with E-state index in [0.29, 0.717) is 24.6 Å². The molecule has 0 atom stereocenters. The summed E-state index contributed by atoms with van der Waals surface area (Å²) >= 11 is 1.67. The van der Waals surface area contributed by atoms with Gasteiger partial charge in [-0.15, -0.1) is 11.3 Å². The van der Waals surface area contributed by atoms with Gasteiger partial charge in [0.05, 0.1) is 17.2 Å². The van der Waals surface area contributed by atoms with Crippen LogP contribution in [0.4, 0.5) is 13.2 Å². The fourth-order valence-corrected chi connectivity index (χ4v) is 3.20. The Morgan fingerprint density at radius 1 is 1.29 bits per heavy atom. The highest BCUT2D eigenvalue weighted by Gasteiger charge is 2.29. The van der Waals surface area contributed by atoms with Crippen molar-refractivity contribution in [2.24, 2.45) is 4.99 Å². The van der Waals surface area contributed by atoms with Crippen LogP contribution in [0.1, 0.15) is 28.1 Å². The number of ether oxygens (including phenoxy) is 1. The Morgan fingerprint density at radius 2 is 2.07 bits per heavy atom. The highest BCUT2D eigenvalue weighted by Crippen LogP contribution is 2.20. The third kappa shape index (κ3) is 7.34. The molecule has 0 unspecified atom stereocenters. The van der Waals surface area contributed by atoms with Gasteiger partial charge >= 0.3 is 6.18 Å². The number of aliphatic imine (C=N–C) groups is 1. The predicted octanol–water partition coefficient (Wildman–Crippen LogP) is 3.39. The van der Waals surface area contributed by atoms with Crippen molar-refractivity contribution in [3.63, 3.8) is 0 Å². The SMILES string of the molecule is CCNC(=NCc1cccnc1OCC(F)(F)F)NCCc1nc(C)c(C)s1. The van der Waals surface area contributed by atoms with Crippen LogP contribution >= 0.6 is 11.3 Å². The summed E-state index contributed by atoms with van der Waals surface area (Å²) in [6.45, 7) is 6.03. The van der Waals surface area contributed by atoms with E-state index in [9.17, 15) is 13.2 Å². The van der Waals surface area contributed by atoms with Crippen molar-refractivity contribution < 1.29 is 17.9 Å². The Balaban J connectivity index is 1.96. The molecular formula is C18H24F3N5OS. The van der Waals surface area contributed by atoms with Crippen molar-refractivity contribution in [2.45, 2.75) is 39.9 Å². The van der Waals surface area contributed by atoms with Crippen molar-refractivity contribution in [1.82, 2.24) is 20.6 Å². The first-order chi connectivity index (χ1) is 13.3. The Kier molecular flexibility index (Phi) is 8.04. The van der Waals surface area contributed by atoms with Gasteiger partial charge in [-0.2, -0.15) is 13.2 Å². The summed E-state index contributed by atoms with van der Waals surface area (Å²) in [5.41, 5.74) is 1.53. The van der Waals surface area contributed by atoms with Gasteiger partial charge in [-0.25, -0.2) is 15.0 Å². The van der Waals surface area contributed by atoms with E-state index in [2.05, 4.69) is 25.6 Å². The minimum absolute atomic E-state index is 0.0619. The second-order valence-corrected chi connectivity index (χ2v) is 7.28. The van der Waals surface area contributed by atoms with Gasteiger partial charge in [0.1, 0.15) is 0 Å². The maximum atomic E-state index is 12.4. The van der Waals surface area contributed by atoms with Crippen LogP contribution in [0.15, 0.2) is 23.3 Å². The molecular weight excluding hydrogens is 391 g/mol. The molecule has 0 fully saturated rings. The van der Waals surface area contributed by atoms with Crippen LogP contribution in [0.3, 0.4) is 0 Å². The largest absolute Gasteiger partial charge is 0.468 e. The maximum Gasteiger partial charge on any atom is 0.422 e. The van der Waals surface area contributed by atoms with Gasteiger partial charge in [0.15, 0.2) is 12.6 Å². The van der Waals surface area contributed by atoms with E-state index in [0.717, 1.165) is 17.1 Å². The monoisotopic (exact) mass is 415 g/mol. The minimum Gasteiger partial charge on any atom is -0.468 e. The summed E-state index contributed by atoms with van der Waals surface area (Å²) in [7, 11) is 0. The Labute approximate surface area is 166 Å². The first-order valence-electron chi connectivity index (χ1n) is 8.87. The number of thiazole rings is 1. The van der Waals surface area contributed by atoms with E-state index < -0.39 is 12.8 Å². The predicted molar refractivity (Wildman–Crippen MR) is 104 cm³/mol. The molecule has 0 aromatic carbocycles. The summed E-state index contributed by atoms with van der Waals surface area (Å²) in [5, 5.41) is 7.37. The van der Waals surface area contributed by atoms with E-state index in [1.807, 2.05) is 20.8 Å². The van der Waals surface area contributed by atoms with Crippen molar-refractivity contribution in [2.75, 3.05) is 19.7 Å². The van der Waals surface area contributed by atoms with Crippen molar-refractivity contribution in [1.29, 1.82) is 0 Å². The van der Waals surface area contributed by atoms with Gasteiger partial charge in [0, 0.05) is 36.1 Å². The lowest BCUT2D eigenvalue weighted by Crippen LogP contribution is -2.38. The standard InChI is InChI=1S/C18H24F3N5OS/c1-4-22-17(24-9-7-15-26-12(2)13(3)28-15)25-10-14-6-5-8-23-16(14)27-11-18(19,20)21/h5-6,8H,4,7,9-11H2,1-3H3,(H2,22,24,25). The molecule has 0 aliphatic rings. The normalized spacial score (nSPS) is 12.1. The smallest absolute Gasteiger partial charge is 0.422 e. The van der Waals surface area contributed by atoms with Crippen LogP contribution in [-0.4, -0.2) is 41.8 Å². The lowest BCUT2D eigenvalue weighted by molar-refractivity contribution is -0.154. The Hall–Kier alpha value is -2.36. The molecule has 28 heavy (non-hydrogen) atoms. The average Bonchev–Trinajstić information content (AvgIpc) is 2.95. The van der Waals surface area contributed by atoms with E-state index in [1.54, 1.807) is 23.5 Å². The molecule has 2 aromatic heterocycles. The summed E-state index contributed by atoms with van der Waals surface area (Å²) < 4.78 is 42.0. The van der Waals surface area contributed by atoms with Crippen LogP contribution in [0.5, 0.6) is 5.88 Å². The summed E-state index contributed by atoms with van der Waals surface area (Å²) in [5.74, 6) is 0.506. The summed E-state index contributed by atoms with van der Waals surface area (Å²) in [6.07, 6.45) is -2.27. The van der Waals surface area contributed by atoms with Crippen molar-refractivity contribution >= 4 is 17.3 Å². The highest BCUT2D eigenvalue weighted by atomic mass is 32.1. The fourth-order valence-electron chi connectivity index (χ4n) is 2.26. The molecule has 0 aliphatic heterocycles. The molecule has 2 N–H and O–H groups in total. The lowest BCUT2D eigenvalue weighted by atomic mass is 10.3. The van der Waals surface area contributed by atoms with Crippen molar-refractivity contribution in [3.8, 4) is 5.88 Å². The fraction of sp³-hybridized carbons (Fsp3) is 0.500. The number of hydrogen-bond donors (Lipinski definition) is 2. The van der Waals surface area contributed by atoms with E-state index in [4.69, 9.17) is 4.74 Å². The molecule has 0 bridgehead atoms. The van der Waals surface area contributed by atoms with Gasteiger partial charge in [-0.3, -0.25) is 0 Å². The van der Waals surface area contributed by atoms with Crippen LogP contribution in [0.2, 0.25) is 0 Å². The van der Waals surface area contributed by atoms with E-state index in [1.165, 1.54) is 11.1 Å². The number of aromatic nitrogens is 2. The van der Waals surface area contributed by atoms with Gasteiger partial charge in [-0.05, 0) is 26.8 Å². The summed E-state index contributed by atoms with van der Waals surface area (Å²) in [6, 6.07) is 3.28. The molecule has 2 rings (SSSR count). The van der Waals surface area contributed by atoms with E-state index >= 15 is 0 Å². The number of halogens is 3. The Morgan fingerprint density at radius 3 is 2.71 bits per heavy atom. The van der Waals surface area contributed by atoms with Crippen LogP contribution < -0.4 is 15.4 Å². The Bertz CT molecular complexity index is 772. The zero-order chi connectivity index (χ0) is 20.6. The molecule has 0 saturated carbocycles. The van der Waals surface area contributed by atoms with Gasteiger partial charge in [0.2, 0.25) is 5.88 Å². The van der Waals surface area contributed by atoms with Gasteiger partial charge in [0.25, 0.3) is 0 Å². The molecule has 2 aromatic rings. The van der Waals surface area contributed by atoms with Gasteiger partial charge < -0.3 is 15.4 Å². The summed E-state index contributed by atoms with van der Waals surface area (Å²) in [4.78, 5) is 14.0. The lowest BCUT2D eigenvalue weighted by Gasteiger charge is -2.13. The van der Waals surface area contributed by atoms with Crippen LogP contribution in [-0.2, 0) is 13.0 Å². The number of nitrogens with one attached hydrogen (secondary N) is 2. The molecule has 0 spiro atoms. The number of rotatable bonds is 8. The molecule has 0 saturated heterocycles. The second-order valence-electron chi connectivity index (χ2n) is 5.99. The number of nitrogens with zero attached hydrogens (tertiary/aromatic N) is 3. The first kappa shape index (κ1) is 21.9. The molecule has 0 amide bonds. The number of guanidine groups is 1. The number of hydrogen-bond acceptors (Lipinski definition) is 5. The zero-order valence-corrected chi connectivity index (χ0v) is 16.9. The average molecular weight is 415 g/mol. The van der Waals surface area contributed by atoms with Crippen LogP contribution in [0, 0.1) is 13.8 Å². The van der Waals surface area contributed by atoms with Gasteiger partial charge in [-0.1, -0.05) is 6.07 Å². The quantitative estimate of drug-likeness (QED) is 0.511. The first-order valence-corrected chi connectivity index (χ1v) is 9.68. The number of aryl methyl sites for hydroxylation is 2. The third-order valence-electron chi connectivity index (χ3n) is 3.68. The van der Waals surface area contributed by atoms with E-state index in [-0.39, 0.29) is 12.4 Å². The molecule has 154 valence electrons. The number of pyridine rings is 1. The minimum atomic E-state index is -4.42.